The van der Waals surface area contributed by atoms with Crippen LogP contribution in [0.25, 0.3) is 0 Å². The normalized spacial score (nSPS) is 12.9. The van der Waals surface area contributed by atoms with Crippen LogP contribution < -0.4 is 4.73 Å². The maximum Gasteiger partial charge on any atom is 0.214 e. The Morgan fingerprint density at radius 3 is 2.69 bits per heavy atom. The van der Waals surface area contributed by atoms with Crippen LogP contribution in [-0.2, 0) is 0 Å². The molecule has 0 bridgehead atoms. The molecule has 3 nitrogen and oxygen atoms in total. The highest BCUT2D eigenvalue weighted by atomic mass is 16.5. The van der Waals surface area contributed by atoms with Gasteiger partial charge in [0.2, 0.25) is 11.4 Å². The van der Waals surface area contributed by atoms with Crippen molar-refractivity contribution < 1.29 is 4.73 Å². The summed E-state index contributed by atoms with van der Waals surface area (Å²) in [4.78, 5) is 4.19. The summed E-state index contributed by atoms with van der Waals surface area (Å²) >= 11 is 0. The average Bonchev–Trinajstić information content (AvgIpc) is 2.13. The summed E-state index contributed by atoms with van der Waals surface area (Å²) in [5.41, 5.74) is 2.28. The first-order valence-electron chi connectivity index (χ1n) is 4.63. The molecule has 0 aliphatic heterocycles. The zero-order valence-electron chi connectivity index (χ0n) is 8.66. The summed E-state index contributed by atoms with van der Waals surface area (Å²) < 4.78 is 0.997. The average molecular weight is 180 g/mol. The molecule has 3 heteroatoms. The van der Waals surface area contributed by atoms with E-state index in [1.165, 1.54) is 0 Å². The van der Waals surface area contributed by atoms with Crippen molar-refractivity contribution in [3.63, 3.8) is 0 Å². The van der Waals surface area contributed by atoms with Crippen molar-refractivity contribution in [3.8, 4) is 0 Å². The van der Waals surface area contributed by atoms with E-state index in [2.05, 4.69) is 11.9 Å². The molecule has 0 amide bonds. The molecule has 1 aromatic heterocycles. The minimum Gasteiger partial charge on any atom is -0.618 e. The second-order valence-electron chi connectivity index (χ2n) is 3.46. The zero-order chi connectivity index (χ0) is 10.0. The van der Waals surface area contributed by atoms with E-state index < -0.39 is 0 Å². The smallest absolute Gasteiger partial charge is 0.214 e. The van der Waals surface area contributed by atoms with Gasteiger partial charge >= 0.3 is 0 Å². The Balaban J connectivity index is 3.18. The van der Waals surface area contributed by atoms with Crippen LogP contribution in [0.4, 0.5) is 0 Å². The van der Waals surface area contributed by atoms with Gasteiger partial charge < -0.3 is 5.21 Å². The fraction of sp³-hybridized carbons (Fsp3) is 0.600. The molecule has 0 N–H and O–H groups in total. The molecule has 1 atom stereocenters. The summed E-state index contributed by atoms with van der Waals surface area (Å²) in [7, 11) is 0. The molecule has 72 valence electrons. The lowest BCUT2D eigenvalue weighted by molar-refractivity contribution is -0.623. The first-order chi connectivity index (χ1) is 6.07. The molecule has 0 aliphatic carbocycles. The number of hydrogen-bond acceptors (Lipinski definition) is 2. The van der Waals surface area contributed by atoms with E-state index >= 15 is 0 Å². The van der Waals surface area contributed by atoms with Gasteiger partial charge in [0, 0.05) is 12.8 Å². The van der Waals surface area contributed by atoms with Gasteiger partial charge in [-0.15, -0.1) is 0 Å². The van der Waals surface area contributed by atoms with Gasteiger partial charge in [-0.1, -0.05) is 13.8 Å². The van der Waals surface area contributed by atoms with Crippen molar-refractivity contribution >= 4 is 0 Å². The summed E-state index contributed by atoms with van der Waals surface area (Å²) in [5, 5.41) is 11.7. The summed E-state index contributed by atoms with van der Waals surface area (Å²) in [5.74, 6) is 0.282. The van der Waals surface area contributed by atoms with Gasteiger partial charge in [-0.25, -0.2) is 4.98 Å². The molecular weight excluding hydrogens is 164 g/mol. The molecule has 1 aromatic rings. The van der Waals surface area contributed by atoms with Crippen molar-refractivity contribution in [1.29, 1.82) is 0 Å². The van der Waals surface area contributed by atoms with Crippen LogP contribution in [0.15, 0.2) is 6.20 Å². The minimum absolute atomic E-state index is 0.282. The zero-order valence-corrected chi connectivity index (χ0v) is 8.66. The predicted octanol–water partition coefficient (Wildman–Crippen LogP) is 1.85. The minimum atomic E-state index is 0.282. The molecule has 0 aliphatic rings. The monoisotopic (exact) mass is 180 g/mol. The van der Waals surface area contributed by atoms with Crippen LogP contribution in [0.1, 0.15) is 43.3 Å². The van der Waals surface area contributed by atoms with Crippen molar-refractivity contribution in [1.82, 2.24) is 4.98 Å². The molecule has 0 aromatic carbocycles. The van der Waals surface area contributed by atoms with Gasteiger partial charge in [0.05, 0.1) is 6.20 Å². The van der Waals surface area contributed by atoms with Crippen LogP contribution in [0, 0.1) is 19.1 Å². The SMILES string of the molecule is CCC(C)c1cnc(C)c(C)[n+]1[O-]. The molecule has 1 unspecified atom stereocenters. The highest BCUT2D eigenvalue weighted by molar-refractivity contribution is 5.06. The Hall–Kier alpha value is -1.12. The Morgan fingerprint density at radius 1 is 1.54 bits per heavy atom. The van der Waals surface area contributed by atoms with Crippen molar-refractivity contribution in [2.75, 3.05) is 0 Å². The third-order valence-corrected chi connectivity index (χ3v) is 2.57. The predicted molar refractivity (Wildman–Crippen MR) is 51.4 cm³/mol. The second kappa shape index (κ2) is 3.73. The topological polar surface area (TPSA) is 39.8 Å². The number of aromatic nitrogens is 2. The van der Waals surface area contributed by atoms with Crippen molar-refractivity contribution in [2.45, 2.75) is 40.0 Å². The summed E-state index contributed by atoms with van der Waals surface area (Å²) in [6.45, 7) is 7.77. The standard InChI is InChI=1S/C10H16N2O/c1-5-7(2)10-6-11-8(3)9(4)12(10)13/h6-7H,5H2,1-4H3. The van der Waals surface area contributed by atoms with Gasteiger partial charge in [0.1, 0.15) is 5.69 Å². The van der Waals surface area contributed by atoms with E-state index in [-0.39, 0.29) is 5.92 Å². The molecule has 13 heavy (non-hydrogen) atoms. The lowest BCUT2D eigenvalue weighted by Crippen LogP contribution is -2.37. The number of rotatable bonds is 2. The fourth-order valence-electron chi connectivity index (χ4n) is 1.19. The highest BCUT2D eigenvalue weighted by Gasteiger charge is 2.16. The van der Waals surface area contributed by atoms with E-state index in [4.69, 9.17) is 0 Å². The maximum absolute atomic E-state index is 11.7. The maximum atomic E-state index is 11.7. The van der Waals surface area contributed by atoms with E-state index in [0.29, 0.717) is 5.69 Å². The second-order valence-corrected chi connectivity index (χ2v) is 3.46. The molecular formula is C10H16N2O. The molecule has 0 saturated carbocycles. The van der Waals surface area contributed by atoms with Crippen LogP contribution in [0.5, 0.6) is 0 Å². The Labute approximate surface area is 79.0 Å². The van der Waals surface area contributed by atoms with Crippen LogP contribution in [0.3, 0.4) is 0 Å². The Bertz CT molecular complexity index is 310. The van der Waals surface area contributed by atoms with E-state index in [0.717, 1.165) is 22.5 Å². The molecule has 0 fully saturated rings. The van der Waals surface area contributed by atoms with Crippen LogP contribution in [0.2, 0.25) is 0 Å². The number of nitrogens with zero attached hydrogens (tertiary/aromatic N) is 2. The van der Waals surface area contributed by atoms with E-state index in [9.17, 15) is 5.21 Å². The first-order valence-corrected chi connectivity index (χ1v) is 4.63. The Kier molecular flexibility index (Phi) is 2.86. The van der Waals surface area contributed by atoms with Gasteiger partial charge in [0.25, 0.3) is 0 Å². The van der Waals surface area contributed by atoms with Gasteiger partial charge in [-0.2, -0.15) is 4.73 Å². The van der Waals surface area contributed by atoms with Gasteiger partial charge in [0.15, 0.2) is 0 Å². The summed E-state index contributed by atoms with van der Waals surface area (Å²) in [6.07, 6.45) is 2.65. The largest absolute Gasteiger partial charge is 0.618 e. The summed E-state index contributed by atoms with van der Waals surface area (Å²) in [6, 6.07) is 0. The Morgan fingerprint density at radius 2 is 2.15 bits per heavy atom. The van der Waals surface area contributed by atoms with Crippen molar-refractivity contribution in [3.05, 3.63) is 28.5 Å². The molecule has 0 saturated heterocycles. The van der Waals surface area contributed by atoms with E-state index in [1.54, 1.807) is 13.1 Å². The highest BCUT2D eigenvalue weighted by Crippen LogP contribution is 2.14. The lowest BCUT2D eigenvalue weighted by atomic mass is 10.1. The molecule has 1 heterocycles. The quantitative estimate of drug-likeness (QED) is 0.514. The molecule has 0 spiro atoms. The van der Waals surface area contributed by atoms with Crippen LogP contribution in [-0.4, -0.2) is 4.98 Å². The van der Waals surface area contributed by atoms with Gasteiger partial charge in [-0.3, -0.25) is 0 Å². The van der Waals surface area contributed by atoms with Crippen LogP contribution >= 0.6 is 0 Å². The first kappa shape index (κ1) is 9.96. The number of aryl methyl sites for hydroxylation is 1. The van der Waals surface area contributed by atoms with Crippen molar-refractivity contribution in [2.24, 2.45) is 0 Å². The van der Waals surface area contributed by atoms with E-state index in [1.807, 2.05) is 13.8 Å². The lowest BCUT2D eigenvalue weighted by Gasteiger charge is -2.11. The number of hydrogen-bond donors (Lipinski definition) is 0. The third kappa shape index (κ3) is 1.79. The molecule has 1 rings (SSSR count). The fourth-order valence-corrected chi connectivity index (χ4v) is 1.19. The third-order valence-electron chi connectivity index (χ3n) is 2.57. The van der Waals surface area contributed by atoms with Gasteiger partial charge in [-0.05, 0) is 13.3 Å². The molecule has 0 radical (unpaired) electrons.